The summed E-state index contributed by atoms with van der Waals surface area (Å²) in [6, 6.07) is 0. The fourth-order valence-electron chi connectivity index (χ4n) is 1.57. The Kier molecular flexibility index (Phi) is 5.04. The molecule has 1 rings (SSSR count). The molecule has 0 saturated carbocycles. The molecule has 0 spiro atoms. The number of hydrogen-bond acceptors (Lipinski definition) is 1. The van der Waals surface area contributed by atoms with Crippen molar-refractivity contribution in [3.63, 3.8) is 0 Å². The molecule has 0 heterocycles. The summed E-state index contributed by atoms with van der Waals surface area (Å²) in [5.41, 5.74) is 5.35. The van der Waals surface area contributed by atoms with Gasteiger partial charge in [0, 0.05) is 38.3 Å². The van der Waals surface area contributed by atoms with Gasteiger partial charge in [-0.15, -0.1) is 0 Å². The number of hydrogen-bond donors (Lipinski definition) is 1. The van der Waals surface area contributed by atoms with E-state index in [2.05, 4.69) is 13.5 Å². The van der Waals surface area contributed by atoms with Gasteiger partial charge in [-0.1, -0.05) is 12.7 Å². The Balaban J connectivity index is 0.00000169. The Hall–Kier alpha value is -0.136. The van der Waals surface area contributed by atoms with Crippen molar-refractivity contribution in [3.8, 4) is 5.75 Å². The summed E-state index contributed by atoms with van der Waals surface area (Å²) >= 11 is 0. The van der Waals surface area contributed by atoms with Gasteiger partial charge in [0.05, 0.1) is 0 Å². The summed E-state index contributed by atoms with van der Waals surface area (Å²) in [4.78, 5) is 0. The topological polar surface area (TPSA) is 20.2 Å². The normalized spacial score (nSPS) is 9.43. The summed E-state index contributed by atoms with van der Waals surface area (Å²) in [7, 11) is 0. The second kappa shape index (κ2) is 5.09. The van der Waals surface area contributed by atoms with Crippen LogP contribution in [-0.2, 0) is 32.7 Å². The average Bonchev–Trinajstić information content (AvgIpc) is 2.13. The van der Waals surface area contributed by atoms with Crippen molar-refractivity contribution < 1.29 is 37.8 Å². The van der Waals surface area contributed by atoms with Gasteiger partial charge in [0.25, 0.3) is 0 Å². The Morgan fingerprint density at radius 3 is 1.79 bits per heavy atom. The minimum absolute atomic E-state index is 0. The number of rotatable bonds is 1. The molecule has 1 aromatic carbocycles. The van der Waals surface area contributed by atoms with Crippen LogP contribution in [0.3, 0.4) is 0 Å². The first-order chi connectivity index (χ1) is 6.00. The standard InChI is InChI=1S/C12H16O.Y/c1-6-11-9(4)7(2)8(3)10(5)12(11)13;/h6,13H,1H2,2-5H3;. The van der Waals surface area contributed by atoms with Crippen LogP contribution < -0.4 is 0 Å². The van der Waals surface area contributed by atoms with Gasteiger partial charge in [-0.05, 0) is 49.9 Å². The molecule has 1 nitrogen and oxygen atoms in total. The summed E-state index contributed by atoms with van der Waals surface area (Å²) in [5.74, 6) is 0.371. The molecule has 0 aliphatic carbocycles. The third kappa shape index (κ3) is 2.09. The molecule has 1 radical (unpaired) electrons. The quantitative estimate of drug-likeness (QED) is 0.826. The van der Waals surface area contributed by atoms with Crippen LogP contribution in [0.2, 0.25) is 0 Å². The first-order valence-electron chi connectivity index (χ1n) is 4.42. The second-order valence-corrected chi connectivity index (χ2v) is 3.47. The fraction of sp³-hybridized carbons (Fsp3) is 0.333. The van der Waals surface area contributed by atoms with E-state index in [1.165, 1.54) is 11.1 Å². The van der Waals surface area contributed by atoms with Crippen molar-refractivity contribution in [1.29, 1.82) is 0 Å². The van der Waals surface area contributed by atoms with Gasteiger partial charge in [-0.3, -0.25) is 0 Å². The summed E-state index contributed by atoms with van der Waals surface area (Å²) < 4.78 is 0. The molecule has 0 aromatic heterocycles. The first-order valence-corrected chi connectivity index (χ1v) is 4.42. The molecule has 14 heavy (non-hydrogen) atoms. The molecule has 2 heteroatoms. The Bertz CT molecular complexity index is 338. The number of phenolic OH excluding ortho intramolecular Hbond substituents is 1. The molecule has 0 unspecified atom stereocenters. The molecule has 73 valence electrons. The van der Waals surface area contributed by atoms with Crippen molar-refractivity contribution in [2.24, 2.45) is 0 Å². The molecule has 0 amide bonds. The second-order valence-electron chi connectivity index (χ2n) is 3.47. The Labute approximate surface area is 111 Å². The van der Waals surface area contributed by atoms with Crippen LogP contribution in [0.15, 0.2) is 6.58 Å². The number of benzene rings is 1. The molecule has 0 bridgehead atoms. The third-order valence-corrected chi connectivity index (χ3v) is 2.91. The summed E-state index contributed by atoms with van der Waals surface area (Å²) in [6.45, 7) is 11.8. The average molecular weight is 265 g/mol. The minimum atomic E-state index is 0. The zero-order chi connectivity index (χ0) is 10.2. The predicted molar refractivity (Wildman–Crippen MR) is 57.1 cm³/mol. The Morgan fingerprint density at radius 1 is 0.929 bits per heavy atom. The van der Waals surface area contributed by atoms with Crippen LogP contribution in [0.25, 0.3) is 6.08 Å². The van der Waals surface area contributed by atoms with Crippen LogP contribution in [0, 0.1) is 27.7 Å². The van der Waals surface area contributed by atoms with Gasteiger partial charge in [0.2, 0.25) is 0 Å². The van der Waals surface area contributed by atoms with E-state index < -0.39 is 0 Å². The van der Waals surface area contributed by atoms with E-state index in [0.29, 0.717) is 5.75 Å². The van der Waals surface area contributed by atoms with Crippen LogP contribution in [0.5, 0.6) is 5.75 Å². The van der Waals surface area contributed by atoms with E-state index >= 15 is 0 Å². The molecular formula is C12H16OY. The fourth-order valence-corrected chi connectivity index (χ4v) is 1.57. The minimum Gasteiger partial charge on any atom is -0.507 e. The van der Waals surface area contributed by atoms with Crippen molar-refractivity contribution in [2.75, 3.05) is 0 Å². The molecule has 0 saturated heterocycles. The monoisotopic (exact) mass is 265 g/mol. The Morgan fingerprint density at radius 2 is 1.36 bits per heavy atom. The van der Waals surface area contributed by atoms with E-state index in [1.54, 1.807) is 6.08 Å². The maximum absolute atomic E-state index is 9.81. The van der Waals surface area contributed by atoms with Crippen LogP contribution in [0.4, 0.5) is 0 Å². The maximum Gasteiger partial charge on any atom is 0.126 e. The molecule has 0 atom stereocenters. The first kappa shape index (κ1) is 13.9. The van der Waals surface area contributed by atoms with E-state index in [1.807, 2.05) is 20.8 Å². The van der Waals surface area contributed by atoms with Gasteiger partial charge >= 0.3 is 0 Å². The van der Waals surface area contributed by atoms with E-state index in [0.717, 1.165) is 16.7 Å². The SMILES string of the molecule is C=Cc1c(C)c(C)c(C)c(C)c1O.[Y]. The van der Waals surface area contributed by atoms with Crippen molar-refractivity contribution in [2.45, 2.75) is 27.7 Å². The van der Waals surface area contributed by atoms with E-state index in [9.17, 15) is 5.11 Å². The van der Waals surface area contributed by atoms with Crippen LogP contribution in [-0.4, -0.2) is 5.11 Å². The largest absolute Gasteiger partial charge is 0.507 e. The maximum atomic E-state index is 9.81. The third-order valence-electron chi connectivity index (χ3n) is 2.91. The molecule has 0 fully saturated rings. The number of phenols is 1. The van der Waals surface area contributed by atoms with E-state index in [4.69, 9.17) is 0 Å². The van der Waals surface area contributed by atoms with Crippen molar-refractivity contribution >= 4 is 6.08 Å². The molecule has 0 aliphatic rings. The van der Waals surface area contributed by atoms with Gasteiger partial charge in [-0.25, -0.2) is 0 Å². The smallest absolute Gasteiger partial charge is 0.126 e. The van der Waals surface area contributed by atoms with Gasteiger partial charge in [0.15, 0.2) is 0 Å². The van der Waals surface area contributed by atoms with Gasteiger partial charge in [-0.2, -0.15) is 0 Å². The van der Waals surface area contributed by atoms with Crippen molar-refractivity contribution in [1.82, 2.24) is 0 Å². The molecular weight excluding hydrogens is 249 g/mol. The number of aromatic hydroxyl groups is 1. The van der Waals surface area contributed by atoms with Gasteiger partial charge in [0.1, 0.15) is 5.75 Å². The zero-order valence-corrected chi connectivity index (χ0v) is 12.1. The molecule has 1 N–H and O–H groups in total. The van der Waals surface area contributed by atoms with Crippen molar-refractivity contribution in [3.05, 3.63) is 34.4 Å². The zero-order valence-electron chi connectivity index (χ0n) is 9.31. The van der Waals surface area contributed by atoms with Gasteiger partial charge < -0.3 is 5.11 Å². The summed E-state index contributed by atoms with van der Waals surface area (Å²) in [6.07, 6.45) is 1.71. The predicted octanol–water partition coefficient (Wildman–Crippen LogP) is 3.27. The summed E-state index contributed by atoms with van der Waals surface area (Å²) in [5, 5.41) is 9.81. The van der Waals surface area contributed by atoms with E-state index in [-0.39, 0.29) is 32.7 Å². The molecule has 1 aromatic rings. The van der Waals surface area contributed by atoms with Crippen LogP contribution >= 0.6 is 0 Å². The molecule has 0 aliphatic heterocycles. The van der Waals surface area contributed by atoms with Crippen LogP contribution in [0.1, 0.15) is 27.8 Å².